The molecule has 2 aliphatic heterocycles. The molecule has 1 N–H and O–H groups in total. The molecule has 0 saturated carbocycles. The van der Waals surface area contributed by atoms with Gasteiger partial charge in [-0.1, -0.05) is 30.3 Å². The first-order chi connectivity index (χ1) is 11.2. The zero-order valence-electron chi connectivity index (χ0n) is 12.4. The Bertz CT molecular complexity index is 800. The molecule has 4 rings (SSSR count). The van der Waals surface area contributed by atoms with Crippen LogP contribution in [0.5, 0.6) is 5.75 Å². The van der Waals surface area contributed by atoms with E-state index in [0.29, 0.717) is 13.2 Å². The Morgan fingerprint density at radius 3 is 2.83 bits per heavy atom. The molecule has 6 nitrogen and oxygen atoms in total. The van der Waals surface area contributed by atoms with Crippen LogP contribution in [0.2, 0.25) is 0 Å². The van der Waals surface area contributed by atoms with Gasteiger partial charge in [0.15, 0.2) is 11.4 Å². The molecule has 118 valence electrons. The van der Waals surface area contributed by atoms with Gasteiger partial charge in [-0.2, -0.15) is 0 Å². The number of benzene rings is 1. The van der Waals surface area contributed by atoms with E-state index in [0.717, 1.165) is 5.56 Å². The molecule has 0 aliphatic carbocycles. The molecule has 6 heteroatoms. The van der Waals surface area contributed by atoms with Crippen LogP contribution in [0.4, 0.5) is 0 Å². The van der Waals surface area contributed by atoms with Gasteiger partial charge in [-0.25, -0.2) is 0 Å². The summed E-state index contributed by atoms with van der Waals surface area (Å²) in [5.74, 6) is -0.197. The molecule has 2 atom stereocenters. The monoisotopic (exact) mass is 312 g/mol. The summed E-state index contributed by atoms with van der Waals surface area (Å²) < 4.78 is 13.0. The second-order valence-corrected chi connectivity index (χ2v) is 5.72. The Morgan fingerprint density at radius 2 is 2.00 bits per heavy atom. The van der Waals surface area contributed by atoms with E-state index in [-0.39, 0.29) is 41.5 Å². The molecule has 1 amide bonds. The van der Waals surface area contributed by atoms with E-state index in [1.54, 1.807) is 10.8 Å². The number of hydrogen-bond donors (Lipinski definition) is 1. The van der Waals surface area contributed by atoms with Gasteiger partial charge in [-0.3, -0.25) is 9.59 Å². The second kappa shape index (κ2) is 5.55. The number of nitrogens with one attached hydrogen (secondary N) is 1. The number of nitrogens with zero attached hydrogens (tertiary/aromatic N) is 1. The number of rotatable bonds is 3. The predicted octanol–water partition coefficient (Wildman–Crippen LogP) is 1.11. The fourth-order valence-electron chi connectivity index (χ4n) is 3.09. The standard InChI is InChI=1S/C17H16N2O4/c20-14-6-7-19-13-10-22-9-12(13)18-17(21)15(19)16(14)23-8-11-4-2-1-3-5-11/h1-7,12-13H,8-10H2,(H,18,21)/t12?,13-/m1/s1. The van der Waals surface area contributed by atoms with Gasteiger partial charge in [0.2, 0.25) is 5.43 Å². The first-order valence-electron chi connectivity index (χ1n) is 7.54. The van der Waals surface area contributed by atoms with Crippen LogP contribution in [0, 0.1) is 0 Å². The summed E-state index contributed by atoms with van der Waals surface area (Å²) in [6.07, 6.45) is 1.65. The lowest BCUT2D eigenvalue weighted by Gasteiger charge is -2.30. The maximum absolute atomic E-state index is 12.4. The third-order valence-corrected chi connectivity index (χ3v) is 4.25. The molecule has 0 spiro atoms. The Balaban J connectivity index is 1.71. The van der Waals surface area contributed by atoms with Crippen LogP contribution in [0.1, 0.15) is 22.1 Å². The molecule has 1 aromatic heterocycles. The summed E-state index contributed by atoms with van der Waals surface area (Å²) in [4.78, 5) is 24.6. The minimum absolute atomic E-state index is 0.00220. The lowest BCUT2D eigenvalue weighted by molar-refractivity contribution is 0.0883. The molecular weight excluding hydrogens is 296 g/mol. The van der Waals surface area contributed by atoms with Crippen molar-refractivity contribution in [1.29, 1.82) is 0 Å². The molecule has 23 heavy (non-hydrogen) atoms. The fourth-order valence-corrected chi connectivity index (χ4v) is 3.09. The van der Waals surface area contributed by atoms with Crippen LogP contribution in [-0.2, 0) is 11.3 Å². The maximum atomic E-state index is 12.4. The zero-order valence-corrected chi connectivity index (χ0v) is 12.4. The van der Waals surface area contributed by atoms with E-state index < -0.39 is 0 Å². The van der Waals surface area contributed by atoms with E-state index in [4.69, 9.17) is 9.47 Å². The van der Waals surface area contributed by atoms with Gasteiger partial charge in [-0.15, -0.1) is 0 Å². The van der Waals surface area contributed by atoms with Crippen molar-refractivity contribution >= 4 is 5.91 Å². The van der Waals surface area contributed by atoms with E-state index >= 15 is 0 Å². The minimum atomic E-state index is -0.294. The van der Waals surface area contributed by atoms with Gasteiger partial charge in [0.1, 0.15) is 6.61 Å². The number of amides is 1. The lowest BCUT2D eigenvalue weighted by atomic mass is 10.1. The number of hydrogen-bond acceptors (Lipinski definition) is 4. The highest BCUT2D eigenvalue weighted by atomic mass is 16.5. The van der Waals surface area contributed by atoms with Crippen molar-refractivity contribution < 1.29 is 14.3 Å². The molecule has 2 aliphatic rings. The zero-order chi connectivity index (χ0) is 15.8. The number of pyridine rings is 1. The van der Waals surface area contributed by atoms with Crippen molar-refractivity contribution in [1.82, 2.24) is 9.88 Å². The fraction of sp³-hybridized carbons (Fsp3) is 0.294. The number of ether oxygens (including phenoxy) is 2. The summed E-state index contributed by atoms with van der Waals surface area (Å²) >= 11 is 0. The average molecular weight is 312 g/mol. The number of carbonyl (C=O) groups is 1. The molecule has 2 aromatic rings. The highest BCUT2D eigenvalue weighted by molar-refractivity contribution is 5.96. The van der Waals surface area contributed by atoms with Crippen molar-refractivity contribution in [2.75, 3.05) is 13.2 Å². The minimum Gasteiger partial charge on any atom is -0.483 e. The van der Waals surface area contributed by atoms with Crippen LogP contribution in [-0.4, -0.2) is 29.7 Å². The van der Waals surface area contributed by atoms with Gasteiger partial charge in [0.25, 0.3) is 5.91 Å². The van der Waals surface area contributed by atoms with Crippen LogP contribution in [0.15, 0.2) is 47.4 Å². The largest absolute Gasteiger partial charge is 0.483 e. The van der Waals surface area contributed by atoms with Crippen LogP contribution in [0.25, 0.3) is 0 Å². The topological polar surface area (TPSA) is 69.6 Å². The van der Waals surface area contributed by atoms with E-state index in [1.165, 1.54) is 6.07 Å². The summed E-state index contributed by atoms with van der Waals surface area (Å²) in [5, 5.41) is 2.90. The molecule has 0 bridgehead atoms. The van der Waals surface area contributed by atoms with Gasteiger partial charge in [0.05, 0.1) is 25.3 Å². The van der Waals surface area contributed by atoms with Crippen LogP contribution in [0.3, 0.4) is 0 Å². The molecule has 1 saturated heterocycles. The van der Waals surface area contributed by atoms with Crippen molar-refractivity contribution in [3.8, 4) is 5.75 Å². The highest BCUT2D eigenvalue weighted by Gasteiger charge is 2.39. The first kappa shape index (κ1) is 14.0. The summed E-state index contributed by atoms with van der Waals surface area (Å²) in [5.41, 5.74) is 0.924. The average Bonchev–Trinajstić information content (AvgIpc) is 3.03. The smallest absolute Gasteiger partial charge is 0.272 e. The van der Waals surface area contributed by atoms with E-state index in [2.05, 4.69) is 5.32 Å². The third kappa shape index (κ3) is 2.41. The Labute approximate surface area is 132 Å². The summed E-state index contributed by atoms with van der Waals surface area (Å²) in [7, 11) is 0. The summed E-state index contributed by atoms with van der Waals surface area (Å²) in [6.45, 7) is 1.24. The van der Waals surface area contributed by atoms with Crippen LogP contribution < -0.4 is 15.5 Å². The van der Waals surface area contributed by atoms with Gasteiger partial charge >= 0.3 is 0 Å². The molecule has 3 heterocycles. The number of aromatic nitrogens is 1. The first-order valence-corrected chi connectivity index (χ1v) is 7.54. The van der Waals surface area contributed by atoms with Crippen molar-refractivity contribution in [3.05, 3.63) is 64.1 Å². The number of fused-ring (bicyclic) bond motifs is 3. The normalized spacial score (nSPS) is 22.2. The quantitative estimate of drug-likeness (QED) is 0.922. The van der Waals surface area contributed by atoms with Gasteiger partial charge < -0.3 is 19.4 Å². The molecule has 1 aromatic carbocycles. The maximum Gasteiger partial charge on any atom is 0.272 e. The molecular formula is C17H16N2O4. The Kier molecular flexibility index (Phi) is 3.38. The van der Waals surface area contributed by atoms with Crippen molar-refractivity contribution in [3.63, 3.8) is 0 Å². The molecule has 1 unspecified atom stereocenters. The predicted molar refractivity (Wildman–Crippen MR) is 82.6 cm³/mol. The van der Waals surface area contributed by atoms with Gasteiger partial charge in [0, 0.05) is 12.3 Å². The Morgan fingerprint density at radius 1 is 1.17 bits per heavy atom. The van der Waals surface area contributed by atoms with Gasteiger partial charge in [-0.05, 0) is 5.56 Å². The van der Waals surface area contributed by atoms with E-state index in [9.17, 15) is 9.59 Å². The summed E-state index contributed by atoms with van der Waals surface area (Å²) in [6, 6.07) is 10.9. The van der Waals surface area contributed by atoms with Crippen molar-refractivity contribution in [2.24, 2.45) is 0 Å². The van der Waals surface area contributed by atoms with Crippen LogP contribution >= 0.6 is 0 Å². The molecule has 1 fully saturated rings. The van der Waals surface area contributed by atoms with Crippen molar-refractivity contribution in [2.45, 2.75) is 18.7 Å². The lowest BCUT2D eigenvalue weighted by Crippen LogP contribution is -2.48. The second-order valence-electron chi connectivity index (χ2n) is 5.72. The molecule has 0 radical (unpaired) electrons. The number of carbonyl (C=O) groups excluding carboxylic acids is 1. The highest BCUT2D eigenvalue weighted by Crippen LogP contribution is 2.29. The third-order valence-electron chi connectivity index (χ3n) is 4.25. The Hall–Kier alpha value is -2.60. The van der Waals surface area contributed by atoms with E-state index in [1.807, 2.05) is 30.3 Å². The SMILES string of the molecule is O=C1NC2COC[C@H]2n2ccc(=O)c(OCc3ccccc3)c21.